The Balaban J connectivity index is 2.25. The molecule has 1 aliphatic rings. The van der Waals surface area contributed by atoms with Gasteiger partial charge in [-0.1, -0.05) is 0 Å². The molecule has 1 aliphatic carbocycles. The van der Waals surface area contributed by atoms with Crippen molar-refractivity contribution >= 4 is 5.69 Å². The first-order chi connectivity index (χ1) is 9.19. The second kappa shape index (κ2) is 6.02. The molecule has 1 aromatic carbocycles. The van der Waals surface area contributed by atoms with Crippen LogP contribution >= 0.6 is 0 Å². The van der Waals surface area contributed by atoms with Gasteiger partial charge in [0, 0.05) is 29.9 Å². The van der Waals surface area contributed by atoms with Crippen LogP contribution in [-0.2, 0) is 0 Å². The summed E-state index contributed by atoms with van der Waals surface area (Å²) >= 11 is 0. The summed E-state index contributed by atoms with van der Waals surface area (Å²) in [5.41, 5.74) is 7.02. The minimum absolute atomic E-state index is 0.207. The fraction of sp³-hybridized carbons (Fsp3) is 0.571. The van der Waals surface area contributed by atoms with Crippen molar-refractivity contribution in [2.24, 2.45) is 5.73 Å². The van der Waals surface area contributed by atoms with Crippen LogP contribution in [-0.4, -0.2) is 33.4 Å². The zero-order chi connectivity index (χ0) is 13.8. The second-order valence-electron chi connectivity index (χ2n) is 4.76. The van der Waals surface area contributed by atoms with Gasteiger partial charge in [0.15, 0.2) is 11.5 Å². The molecule has 0 saturated heterocycles. The van der Waals surface area contributed by atoms with E-state index in [-0.39, 0.29) is 6.04 Å². The molecule has 0 unspecified atom stereocenters. The van der Waals surface area contributed by atoms with E-state index in [1.54, 1.807) is 21.3 Å². The first-order valence-electron chi connectivity index (χ1n) is 6.51. The highest BCUT2D eigenvalue weighted by Gasteiger charge is 2.24. The summed E-state index contributed by atoms with van der Waals surface area (Å²) in [6.07, 6.45) is 3.34. The molecular weight excluding hydrogens is 244 g/mol. The van der Waals surface area contributed by atoms with Crippen molar-refractivity contribution in [1.82, 2.24) is 0 Å². The predicted molar refractivity (Wildman–Crippen MR) is 75.3 cm³/mol. The molecule has 5 heteroatoms. The van der Waals surface area contributed by atoms with Gasteiger partial charge in [-0.3, -0.25) is 0 Å². The van der Waals surface area contributed by atoms with Crippen molar-refractivity contribution in [3.63, 3.8) is 0 Å². The van der Waals surface area contributed by atoms with Crippen molar-refractivity contribution in [2.75, 3.05) is 26.6 Å². The Labute approximate surface area is 114 Å². The number of rotatable bonds is 5. The monoisotopic (exact) mass is 266 g/mol. The van der Waals surface area contributed by atoms with Gasteiger partial charge in [0.05, 0.1) is 21.3 Å². The van der Waals surface area contributed by atoms with Gasteiger partial charge in [-0.2, -0.15) is 0 Å². The molecule has 106 valence electrons. The van der Waals surface area contributed by atoms with Crippen molar-refractivity contribution in [2.45, 2.75) is 31.3 Å². The standard InChI is InChI=1S/C14H22N2O3/c1-17-12-7-9(8-13(18-2)14(12)19-3)16-11-6-4-5-10(11)15/h7-8,10-11,16H,4-6,15H2,1-3H3/t10-,11-/m0/s1. The number of benzene rings is 1. The van der Waals surface area contributed by atoms with Crippen LogP contribution in [0.15, 0.2) is 12.1 Å². The van der Waals surface area contributed by atoms with Crippen molar-refractivity contribution in [3.05, 3.63) is 12.1 Å². The summed E-state index contributed by atoms with van der Waals surface area (Å²) in [6, 6.07) is 4.33. The summed E-state index contributed by atoms with van der Waals surface area (Å²) in [5, 5.41) is 3.45. The molecule has 0 aliphatic heterocycles. The number of ether oxygens (including phenoxy) is 3. The summed E-state index contributed by atoms with van der Waals surface area (Å²) in [5.74, 6) is 1.90. The second-order valence-corrected chi connectivity index (χ2v) is 4.76. The van der Waals surface area contributed by atoms with E-state index in [9.17, 15) is 0 Å². The van der Waals surface area contributed by atoms with E-state index in [0.717, 1.165) is 18.5 Å². The minimum atomic E-state index is 0.207. The van der Waals surface area contributed by atoms with Gasteiger partial charge in [-0.05, 0) is 19.3 Å². The van der Waals surface area contributed by atoms with Crippen LogP contribution in [0.25, 0.3) is 0 Å². The molecular formula is C14H22N2O3. The van der Waals surface area contributed by atoms with Crippen LogP contribution < -0.4 is 25.3 Å². The Kier molecular flexibility index (Phi) is 4.37. The summed E-state index contributed by atoms with van der Waals surface area (Å²) in [4.78, 5) is 0. The first kappa shape index (κ1) is 13.8. The molecule has 5 nitrogen and oxygen atoms in total. The Morgan fingerprint density at radius 2 is 1.68 bits per heavy atom. The third kappa shape index (κ3) is 2.87. The van der Waals surface area contributed by atoms with E-state index < -0.39 is 0 Å². The van der Waals surface area contributed by atoms with Gasteiger partial charge in [0.1, 0.15) is 0 Å². The highest BCUT2D eigenvalue weighted by Crippen LogP contribution is 2.40. The molecule has 2 atom stereocenters. The molecule has 2 rings (SSSR count). The summed E-state index contributed by atoms with van der Waals surface area (Å²) in [6.45, 7) is 0. The fourth-order valence-electron chi connectivity index (χ4n) is 2.55. The molecule has 0 radical (unpaired) electrons. The molecule has 19 heavy (non-hydrogen) atoms. The van der Waals surface area contributed by atoms with Crippen molar-refractivity contribution < 1.29 is 14.2 Å². The fourth-order valence-corrected chi connectivity index (χ4v) is 2.55. The SMILES string of the molecule is COc1cc(N[C@H]2CCC[C@@H]2N)cc(OC)c1OC. The number of methoxy groups -OCH3 is 3. The summed E-state index contributed by atoms with van der Waals surface area (Å²) < 4.78 is 16.0. The van der Waals surface area contributed by atoms with E-state index >= 15 is 0 Å². The Bertz CT molecular complexity index is 412. The molecule has 1 saturated carbocycles. The third-order valence-electron chi connectivity index (χ3n) is 3.59. The minimum Gasteiger partial charge on any atom is -0.493 e. The van der Waals surface area contributed by atoms with Crippen LogP contribution in [0.2, 0.25) is 0 Å². The van der Waals surface area contributed by atoms with Gasteiger partial charge in [0.2, 0.25) is 5.75 Å². The highest BCUT2D eigenvalue weighted by molar-refractivity contribution is 5.63. The number of anilines is 1. The van der Waals surface area contributed by atoms with Crippen molar-refractivity contribution in [3.8, 4) is 17.2 Å². The normalized spacial score (nSPS) is 22.1. The molecule has 0 aromatic heterocycles. The van der Waals surface area contributed by atoms with Gasteiger partial charge in [-0.15, -0.1) is 0 Å². The zero-order valence-electron chi connectivity index (χ0n) is 11.7. The maximum absolute atomic E-state index is 6.07. The topological polar surface area (TPSA) is 65.7 Å². The summed E-state index contributed by atoms with van der Waals surface area (Å²) in [7, 11) is 4.82. The first-order valence-corrected chi connectivity index (χ1v) is 6.51. The zero-order valence-corrected chi connectivity index (χ0v) is 11.7. The van der Waals surface area contributed by atoms with Crippen LogP contribution in [0.3, 0.4) is 0 Å². The smallest absolute Gasteiger partial charge is 0.203 e. The van der Waals surface area contributed by atoms with Crippen LogP contribution in [0.1, 0.15) is 19.3 Å². The molecule has 0 amide bonds. The average molecular weight is 266 g/mol. The molecule has 1 aromatic rings. The molecule has 0 bridgehead atoms. The lowest BCUT2D eigenvalue weighted by Crippen LogP contribution is -2.35. The lowest BCUT2D eigenvalue weighted by molar-refractivity contribution is 0.324. The lowest BCUT2D eigenvalue weighted by Gasteiger charge is -2.20. The van der Waals surface area contributed by atoms with E-state index in [1.165, 1.54) is 6.42 Å². The van der Waals surface area contributed by atoms with Gasteiger partial charge >= 0.3 is 0 Å². The largest absolute Gasteiger partial charge is 0.493 e. The van der Waals surface area contributed by atoms with Crippen LogP contribution in [0.5, 0.6) is 17.2 Å². The number of nitrogens with one attached hydrogen (secondary N) is 1. The van der Waals surface area contributed by atoms with Gasteiger partial charge in [0.25, 0.3) is 0 Å². The molecule has 3 N–H and O–H groups in total. The predicted octanol–water partition coefficient (Wildman–Crippen LogP) is 2.00. The maximum Gasteiger partial charge on any atom is 0.203 e. The maximum atomic E-state index is 6.07. The number of nitrogens with two attached hydrogens (primary N) is 1. The van der Waals surface area contributed by atoms with Crippen molar-refractivity contribution in [1.29, 1.82) is 0 Å². The number of hydrogen-bond donors (Lipinski definition) is 2. The van der Waals surface area contributed by atoms with Crippen LogP contribution in [0.4, 0.5) is 5.69 Å². The van der Waals surface area contributed by atoms with Gasteiger partial charge < -0.3 is 25.3 Å². The van der Waals surface area contributed by atoms with E-state index in [0.29, 0.717) is 23.3 Å². The lowest BCUT2D eigenvalue weighted by atomic mass is 10.1. The van der Waals surface area contributed by atoms with E-state index in [4.69, 9.17) is 19.9 Å². The quantitative estimate of drug-likeness (QED) is 0.853. The van der Waals surface area contributed by atoms with E-state index in [1.807, 2.05) is 12.1 Å². The Hall–Kier alpha value is -1.62. The molecule has 0 spiro atoms. The Morgan fingerprint density at radius 1 is 1.05 bits per heavy atom. The average Bonchev–Trinajstić information content (AvgIpc) is 2.83. The van der Waals surface area contributed by atoms with E-state index in [2.05, 4.69) is 5.32 Å². The highest BCUT2D eigenvalue weighted by atomic mass is 16.5. The van der Waals surface area contributed by atoms with Crippen LogP contribution in [0, 0.1) is 0 Å². The molecule has 1 fully saturated rings. The number of hydrogen-bond acceptors (Lipinski definition) is 5. The third-order valence-corrected chi connectivity index (χ3v) is 3.59. The Morgan fingerprint density at radius 3 is 2.11 bits per heavy atom. The van der Waals surface area contributed by atoms with Gasteiger partial charge in [-0.25, -0.2) is 0 Å². The molecule has 0 heterocycles.